The van der Waals surface area contributed by atoms with Crippen LogP contribution in [0.4, 0.5) is 18.9 Å². The fourth-order valence-electron chi connectivity index (χ4n) is 3.03. The molecule has 29 heavy (non-hydrogen) atoms. The number of aliphatic hydroxyl groups excluding tert-OH is 1. The molecule has 1 unspecified atom stereocenters. The van der Waals surface area contributed by atoms with Crippen molar-refractivity contribution in [3.05, 3.63) is 59.2 Å². The summed E-state index contributed by atoms with van der Waals surface area (Å²) in [6, 6.07) is 10.3. The van der Waals surface area contributed by atoms with Crippen LogP contribution in [-0.4, -0.2) is 30.3 Å². The number of halogens is 4. The van der Waals surface area contributed by atoms with Gasteiger partial charge in [0, 0.05) is 5.69 Å². The lowest BCUT2D eigenvalue weighted by atomic mass is 10.1. The number of benzene rings is 2. The molecule has 0 radical (unpaired) electrons. The predicted octanol–water partition coefficient (Wildman–Crippen LogP) is 3.98. The third-order valence-electron chi connectivity index (χ3n) is 4.47. The first-order valence-electron chi connectivity index (χ1n) is 8.98. The van der Waals surface area contributed by atoms with E-state index in [-0.39, 0.29) is 48.8 Å². The fourth-order valence-corrected chi connectivity index (χ4v) is 3.03. The predicted molar refractivity (Wildman–Crippen MR) is 117 cm³/mol. The van der Waals surface area contributed by atoms with Crippen LogP contribution in [-0.2, 0) is 19.0 Å². The summed E-state index contributed by atoms with van der Waals surface area (Å²) in [4.78, 5) is 4.08. The van der Waals surface area contributed by atoms with Crippen molar-refractivity contribution in [2.75, 3.05) is 18.5 Å². The van der Waals surface area contributed by atoms with E-state index in [9.17, 15) is 18.3 Å². The second-order valence-electron chi connectivity index (χ2n) is 6.67. The Hall–Kier alpha value is -2.01. The highest BCUT2D eigenvalue weighted by Crippen LogP contribution is 2.30. The van der Waals surface area contributed by atoms with Crippen LogP contribution in [0.25, 0.3) is 0 Å². The highest BCUT2D eigenvalue weighted by atomic mass is 127. The number of aliphatic hydroxyl groups is 1. The van der Waals surface area contributed by atoms with E-state index < -0.39 is 17.8 Å². The zero-order valence-corrected chi connectivity index (χ0v) is 17.9. The van der Waals surface area contributed by atoms with Gasteiger partial charge >= 0.3 is 6.18 Å². The van der Waals surface area contributed by atoms with Crippen LogP contribution in [0.1, 0.15) is 23.1 Å². The first kappa shape index (κ1) is 23.3. The minimum Gasteiger partial charge on any atom is -0.491 e. The topological polar surface area (TPSA) is 79.9 Å². The van der Waals surface area contributed by atoms with Gasteiger partial charge in [-0.3, -0.25) is 4.99 Å². The molecule has 0 saturated heterocycles. The molecule has 9 heteroatoms. The highest BCUT2D eigenvalue weighted by molar-refractivity contribution is 14.0. The molecule has 4 N–H and O–H groups in total. The van der Waals surface area contributed by atoms with Crippen molar-refractivity contribution >= 4 is 35.6 Å². The van der Waals surface area contributed by atoms with Crippen molar-refractivity contribution in [2.45, 2.75) is 31.5 Å². The van der Waals surface area contributed by atoms with Gasteiger partial charge in [0.25, 0.3) is 0 Å². The van der Waals surface area contributed by atoms with Crippen LogP contribution in [0, 0.1) is 0 Å². The number of guanidine groups is 1. The number of alkyl halides is 3. The molecular formula is C20H23F3IN3O2. The fraction of sp³-hybridized carbons (Fsp3) is 0.350. The van der Waals surface area contributed by atoms with E-state index in [1.165, 1.54) is 23.3 Å². The Kier molecular flexibility index (Phi) is 8.14. The number of nitrogens with zero attached hydrogens (tertiary/aromatic N) is 1. The molecule has 1 atom stereocenters. The van der Waals surface area contributed by atoms with Gasteiger partial charge in [0.05, 0.1) is 12.1 Å². The first-order chi connectivity index (χ1) is 13.3. The minimum atomic E-state index is -4.39. The van der Waals surface area contributed by atoms with E-state index in [0.717, 1.165) is 37.1 Å². The quantitative estimate of drug-likeness (QED) is 0.306. The van der Waals surface area contributed by atoms with E-state index in [2.05, 4.69) is 22.4 Å². The molecule has 0 aliphatic heterocycles. The van der Waals surface area contributed by atoms with Crippen LogP contribution in [0.5, 0.6) is 5.75 Å². The van der Waals surface area contributed by atoms with Crippen LogP contribution in [0.15, 0.2) is 47.5 Å². The molecule has 0 fully saturated rings. The lowest BCUT2D eigenvalue weighted by Gasteiger charge is -2.12. The number of anilines is 1. The number of nitrogens with two attached hydrogens (primary N) is 1. The summed E-state index contributed by atoms with van der Waals surface area (Å²) in [7, 11) is 0. The molecule has 0 heterocycles. The number of hydrogen-bond acceptors (Lipinski definition) is 3. The molecule has 0 bridgehead atoms. The van der Waals surface area contributed by atoms with Gasteiger partial charge < -0.3 is 20.9 Å². The summed E-state index contributed by atoms with van der Waals surface area (Å²) >= 11 is 0. The molecule has 5 nitrogen and oxygen atoms in total. The number of nitrogens with one attached hydrogen (secondary N) is 1. The number of ether oxygens (including phenoxy) is 1. The average molecular weight is 521 g/mol. The van der Waals surface area contributed by atoms with Crippen LogP contribution in [0.2, 0.25) is 0 Å². The van der Waals surface area contributed by atoms with E-state index in [1.54, 1.807) is 0 Å². The zero-order valence-electron chi connectivity index (χ0n) is 15.6. The Balaban J connectivity index is 0.00000300. The molecule has 0 spiro atoms. The molecule has 1 aliphatic rings. The van der Waals surface area contributed by atoms with Crippen molar-refractivity contribution < 1.29 is 23.0 Å². The number of fused-ring (bicyclic) bond motifs is 1. The van der Waals surface area contributed by atoms with Gasteiger partial charge in [-0.1, -0.05) is 6.07 Å². The number of aryl methyl sites for hydroxylation is 2. The Morgan fingerprint density at radius 2 is 1.83 bits per heavy atom. The smallest absolute Gasteiger partial charge is 0.416 e. The third kappa shape index (κ3) is 6.77. The van der Waals surface area contributed by atoms with Crippen LogP contribution in [0.3, 0.4) is 0 Å². The number of hydrogen-bond donors (Lipinski definition) is 3. The zero-order chi connectivity index (χ0) is 20.1. The van der Waals surface area contributed by atoms with Crippen molar-refractivity contribution in [3.8, 4) is 5.75 Å². The Bertz CT molecular complexity index is 842. The summed E-state index contributed by atoms with van der Waals surface area (Å²) in [6.45, 7) is -0.106. The molecule has 0 aromatic heterocycles. The lowest BCUT2D eigenvalue weighted by Crippen LogP contribution is -2.27. The second kappa shape index (κ2) is 10.1. The van der Waals surface area contributed by atoms with Gasteiger partial charge in [0.15, 0.2) is 5.96 Å². The summed E-state index contributed by atoms with van der Waals surface area (Å²) in [5, 5.41) is 12.9. The third-order valence-corrected chi connectivity index (χ3v) is 4.47. The largest absolute Gasteiger partial charge is 0.491 e. The van der Waals surface area contributed by atoms with Crippen LogP contribution < -0.4 is 15.8 Å². The molecule has 0 saturated carbocycles. The molecule has 3 rings (SSSR count). The van der Waals surface area contributed by atoms with E-state index in [1.807, 2.05) is 6.07 Å². The maximum atomic E-state index is 12.5. The van der Waals surface area contributed by atoms with Gasteiger partial charge in [0.2, 0.25) is 0 Å². The monoisotopic (exact) mass is 521 g/mol. The van der Waals surface area contributed by atoms with E-state index in [4.69, 9.17) is 10.5 Å². The Labute approximate surface area is 184 Å². The van der Waals surface area contributed by atoms with Gasteiger partial charge in [-0.05, 0) is 66.8 Å². The maximum Gasteiger partial charge on any atom is 0.416 e. The molecule has 0 amide bonds. The first-order valence-corrected chi connectivity index (χ1v) is 8.98. The molecule has 158 valence electrons. The van der Waals surface area contributed by atoms with E-state index >= 15 is 0 Å². The van der Waals surface area contributed by atoms with Crippen molar-refractivity contribution in [2.24, 2.45) is 10.7 Å². The van der Waals surface area contributed by atoms with Gasteiger partial charge in [-0.2, -0.15) is 13.2 Å². The van der Waals surface area contributed by atoms with Gasteiger partial charge in [-0.25, -0.2) is 0 Å². The summed E-state index contributed by atoms with van der Waals surface area (Å²) in [5.74, 6) is 0.409. The van der Waals surface area contributed by atoms with Crippen molar-refractivity contribution in [1.29, 1.82) is 0 Å². The lowest BCUT2D eigenvalue weighted by molar-refractivity contribution is -0.137. The number of rotatable bonds is 6. The van der Waals surface area contributed by atoms with Crippen molar-refractivity contribution in [3.63, 3.8) is 0 Å². The maximum absolute atomic E-state index is 12.5. The molecular weight excluding hydrogens is 498 g/mol. The van der Waals surface area contributed by atoms with Gasteiger partial charge in [-0.15, -0.1) is 24.0 Å². The highest BCUT2D eigenvalue weighted by Gasteiger charge is 2.30. The SMILES string of the molecule is I.NC(=NCC(O)COc1ccc(C(F)(F)F)cc1)Nc1ccc2c(c1)CCC2. The van der Waals surface area contributed by atoms with E-state index in [0.29, 0.717) is 0 Å². The molecule has 2 aromatic carbocycles. The standard InChI is InChI=1S/C20H22F3N3O2.HI/c21-20(22,23)15-5-8-18(9-6-15)28-12-17(27)11-25-19(24)26-16-7-4-13-2-1-3-14(13)10-16;/h4-10,17,27H,1-3,11-12H2,(H3,24,25,26);1H. The second-order valence-corrected chi connectivity index (χ2v) is 6.67. The molecule has 2 aromatic rings. The average Bonchev–Trinajstić information content (AvgIpc) is 3.12. The van der Waals surface area contributed by atoms with Crippen molar-refractivity contribution in [1.82, 2.24) is 0 Å². The van der Waals surface area contributed by atoms with Crippen LogP contribution >= 0.6 is 24.0 Å². The minimum absolute atomic E-state index is 0. The Morgan fingerprint density at radius 3 is 2.52 bits per heavy atom. The summed E-state index contributed by atoms with van der Waals surface area (Å²) in [6.07, 6.45) is -2.02. The normalized spacial score (nSPS) is 14.7. The summed E-state index contributed by atoms with van der Waals surface area (Å²) < 4.78 is 42.8. The molecule has 1 aliphatic carbocycles. The number of aliphatic imine (C=N–C) groups is 1. The summed E-state index contributed by atoms with van der Waals surface area (Å²) in [5.41, 5.74) is 8.60. The Morgan fingerprint density at radius 1 is 1.14 bits per heavy atom. The van der Waals surface area contributed by atoms with Gasteiger partial charge in [0.1, 0.15) is 18.5 Å².